The van der Waals surface area contributed by atoms with Gasteiger partial charge in [0.15, 0.2) is 0 Å². The fourth-order valence-corrected chi connectivity index (χ4v) is 1.57. The van der Waals surface area contributed by atoms with Gasteiger partial charge in [0.2, 0.25) is 0 Å². The fourth-order valence-electron chi connectivity index (χ4n) is 1.57. The van der Waals surface area contributed by atoms with E-state index in [9.17, 15) is 14.0 Å². The predicted octanol–water partition coefficient (Wildman–Crippen LogP) is 1.75. The molecule has 0 aliphatic rings. The minimum absolute atomic E-state index is 0.148. The van der Waals surface area contributed by atoms with E-state index in [1.54, 1.807) is 13.0 Å². The number of aromatic nitrogens is 2. The van der Waals surface area contributed by atoms with Gasteiger partial charge in [-0.05, 0) is 25.1 Å². The van der Waals surface area contributed by atoms with Gasteiger partial charge in [-0.25, -0.2) is 14.3 Å². The van der Waals surface area contributed by atoms with Crippen molar-refractivity contribution in [1.82, 2.24) is 10.2 Å². The second-order valence-electron chi connectivity index (χ2n) is 3.70. The first-order valence-corrected chi connectivity index (χ1v) is 5.65. The molecule has 98 valence electrons. The van der Waals surface area contributed by atoms with Gasteiger partial charge in [-0.3, -0.25) is 4.79 Å². The van der Waals surface area contributed by atoms with Crippen LogP contribution in [0, 0.1) is 5.82 Å². The Morgan fingerprint density at radius 3 is 2.84 bits per heavy atom. The number of aromatic amines is 1. The molecule has 0 atom stereocenters. The summed E-state index contributed by atoms with van der Waals surface area (Å²) in [5, 5.41) is 5.89. The van der Waals surface area contributed by atoms with E-state index in [0.717, 1.165) is 0 Å². The largest absolute Gasteiger partial charge is 0.462 e. The van der Waals surface area contributed by atoms with Gasteiger partial charge in [-0.15, -0.1) is 0 Å². The molecule has 1 heterocycles. The number of ether oxygens (including phenoxy) is 1. The molecule has 1 aromatic heterocycles. The molecule has 0 saturated heterocycles. The molecule has 0 spiro atoms. The maximum atomic E-state index is 13.6. The van der Waals surface area contributed by atoms with Crippen molar-refractivity contribution in [3.8, 4) is 11.3 Å². The third-order valence-electron chi connectivity index (χ3n) is 2.45. The molecule has 0 unspecified atom stereocenters. The van der Waals surface area contributed by atoms with Crippen molar-refractivity contribution in [3.05, 3.63) is 52.1 Å². The molecule has 2 aromatic rings. The van der Waals surface area contributed by atoms with Crippen LogP contribution in [0.4, 0.5) is 4.39 Å². The molecule has 0 fully saturated rings. The van der Waals surface area contributed by atoms with Gasteiger partial charge >= 0.3 is 5.97 Å². The van der Waals surface area contributed by atoms with Crippen LogP contribution in [0.2, 0.25) is 0 Å². The van der Waals surface area contributed by atoms with Crippen LogP contribution in [-0.2, 0) is 4.74 Å². The quantitative estimate of drug-likeness (QED) is 0.855. The van der Waals surface area contributed by atoms with Crippen LogP contribution in [0.15, 0.2) is 35.1 Å². The zero-order chi connectivity index (χ0) is 13.8. The second-order valence-corrected chi connectivity index (χ2v) is 3.70. The molecule has 0 aliphatic carbocycles. The molecule has 1 N–H and O–H groups in total. The maximum absolute atomic E-state index is 13.6. The van der Waals surface area contributed by atoms with E-state index in [4.69, 9.17) is 4.74 Å². The van der Waals surface area contributed by atoms with E-state index in [-0.39, 0.29) is 23.4 Å². The van der Waals surface area contributed by atoms with Crippen molar-refractivity contribution in [2.75, 3.05) is 6.61 Å². The number of hydrogen-bond donors (Lipinski definition) is 1. The van der Waals surface area contributed by atoms with E-state index < -0.39 is 17.3 Å². The zero-order valence-electron chi connectivity index (χ0n) is 10.1. The van der Waals surface area contributed by atoms with Crippen molar-refractivity contribution < 1.29 is 13.9 Å². The number of nitrogens with zero attached hydrogens (tertiary/aromatic N) is 1. The molecular weight excluding hydrogens is 251 g/mol. The van der Waals surface area contributed by atoms with Crippen LogP contribution in [0.5, 0.6) is 0 Å². The minimum Gasteiger partial charge on any atom is -0.462 e. The summed E-state index contributed by atoms with van der Waals surface area (Å²) in [4.78, 5) is 23.1. The van der Waals surface area contributed by atoms with Crippen molar-refractivity contribution in [2.45, 2.75) is 6.92 Å². The van der Waals surface area contributed by atoms with Gasteiger partial charge in [0.25, 0.3) is 5.56 Å². The van der Waals surface area contributed by atoms with Crippen LogP contribution in [0.1, 0.15) is 17.3 Å². The molecule has 0 amide bonds. The number of hydrogen-bond acceptors (Lipinski definition) is 4. The predicted molar refractivity (Wildman–Crippen MR) is 66.2 cm³/mol. The second kappa shape index (κ2) is 5.43. The number of benzene rings is 1. The average Bonchev–Trinajstić information content (AvgIpc) is 2.40. The van der Waals surface area contributed by atoms with Gasteiger partial charge < -0.3 is 4.74 Å². The van der Waals surface area contributed by atoms with Gasteiger partial charge in [-0.1, -0.05) is 12.1 Å². The number of nitrogens with one attached hydrogen (secondary N) is 1. The Bertz CT molecular complexity index is 667. The van der Waals surface area contributed by atoms with E-state index >= 15 is 0 Å². The Morgan fingerprint density at radius 2 is 2.16 bits per heavy atom. The summed E-state index contributed by atoms with van der Waals surface area (Å²) in [6.07, 6.45) is 0. The maximum Gasteiger partial charge on any atom is 0.343 e. The van der Waals surface area contributed by atoms with E-state index in [1.807, 2.05) is 0 Å². The fraction of sp³-hybridized carbons (Fsp3) is 0.154. The zero-order valence-corrected chi connectivity index (χ0v) is 10.1. The van der Waals surface area contributed by atoms with Crippen LogP contribution < -0.4 is 5.56 Å². The number of H-pyrrole nitrogens is 1. The van der Waals surface area contributed by atoms with E-state index in [0.29, 0.717) is 0 Å². The average molecular weight is 262 g/mol. The Morgan fingerprint density at radius 1 is 1.42 bits per heavy atom. The highest BCUT2D eigenvalue weighted by Crippen LogP contribution is 2.19. The topological polar surface area (TPSA) is 72.0 Å². The standard InChI is InChI=1S/C13H11FN2O3/c1-2-19-13(18)9-7-11(15-16-12(9)17)8-5-3-4-6-10(8)14/h3-7H,2H2,1H3,(H,16,17). The molecule has 5 nitrogen and oxygen atoms in total. The van der Waals surface area contributed by atoms with Gasteiger partial charge in [0.05, 0.1) is 12.3 Å². The summed E-state index contributed by atoms with van der Waals surface area (Å²) in [6.45, 7) is 1.78. The van der Waals surface area contributed by atoms with Crippen molar-refractivity contribution in [1.29, 1.82) is 0 Å². The number of carbonyl (C=O) groups excluding carboxylic acids is 1. The molecule has 0 radical (unpaired) electrons. The van der Waals surface area contributed by atoms with Crippen molar-refractivity contribution in [2.24, 2.45) is 0 Å². The number of esters is 1. The molecular formula is C13H11FN2O3. The summed E-state index contributed by atoms with van der Waals surface area (Å²) in [5.41, 5.74) is -0.501. The van der Waals surface area contributed by atoms with Crippen LogP contribution in [0.3, 0.4) is 0 Å². The minimum atomic E-state index is -0.760. The Balaban J connectivity index is 2.50. The summed E-state index contributed by atoms with van der Waals surface area (Å²) in [7, 11) is 0. The summed E-state index contributed by atoms with van der Waals surface area (Å²) < 4.78 is 18.4. The van der Waals surface area contributed by atoms with Crippen LogP contribution in [-0.4, -0.2) is 22.8 Å². The Kier molecular flexibility index (Phi) is 3.70. The van der Waals surface area contributed by atoms with E-state index in [1.165, 1.54) is 24.3 Å². The summed E-state index contributed by atoms with van der Waals surface area (Å²) in [6, 6.07) is 7.17. The van der Waals surface area contributed by atoms with E-state index in [2.05, 4.69) is 10.2 Å². The molecule has 1 aromatic carbocycles. The lowest BCUT2D eigenvalue weighted by Gasteiger charge is -2.04. The molecule has 6 heteroatoms. The monoisotopic (exact) mass is 262 g/mol. The lowest BCUT2D eigenvalue weighted by molar-refractivity contribution is 0.0524. The van der Waals surface area contributed by atoms with Gasteiger partial charge in [0, 0.05) is 5.56 Å². The van der Waals surface area contributed by atoms with Crippen molar-refractivity contribution >= 4 is 5.97 Å². The van der Waals surface area contributed by atoms with Crippen molar-refractivity contribution in [3.63, 3.8) is 0 Å². The molecule has 0 saturated carbocycles. The Hall–Kier alpha value is -2.50. The highest BCUT2D eigenvalue weighted by Gasteiger charge is 2.15. The molecule has 2 rings (SSSR count). The highest BCUT2D eigenvalue weighted by molar-refractivity contribution is 5.90. The van der Waals surface area contributed by atoms with Gasteiger partial charge in [-0.2, -0.15) is 5.10 Å². The van der Waals surface area contributed by atoms with Gasteiger partial charge in [0.1, 0.15) is 11.4 Å². The number of carbonyl (C=O) groups is 1. The summed E-state index contributed by atoms with van der Waals surface area (Å²) in [5.74, 6) is -1.25. The van der Waals surface area contributed by atoms with Crippen LogP contribution >= 0.6 is 0 Å². The molecule has 0 bridgehead atoms. The Labute approximate surface area is 108 Å². The highest BCUT2D eigenvalue weighted by atomic mass is 19.1. The smallest absolute Gasteiger partial charge is 0.343 e. The first-order valence-electron chi connectivity index (χ1n) is 5.65. The lowest BCUT2D eigenvalue weighted by atomic mass is 10.1. The van der Waals surface area contributed by atoms with Crippen LogP contribution in [0.25, 0.3) is 11.3 Å². The number of halogens is 1. The first kappa shape index (κ1) is 12.9. The summed E-state index contributed by atoms with van der Waals surface area (Å²) >= 11 is 0. The lowest BCUT2D eigenvalue weighted by Crippen LogP contribution is -2.21. The molecule has 19 heavy (non-hydrogen) atoms. The SMILES string of the molecule is CCOC(=O)c1cc(-c2ccccc2F)n[nH]c1=O. The normalized spacial score (nSPS) is 10.2. The number of rotatable bonds is 3. The first-order chi connectivity index (χ1) is 9.13. The third kappa shape index (κ3) is 2.67. The third-order valence-corrected chi connectivity index (χ3v) is 2.45. The molecule has 0 aliphatic heterocycles.